The van der Waals surface area contributed by atoms with Crippen LogP contribution in [0, 0.1) is 0 Å². The maximum Gasteiger partial charge on any atom is 0.305 e. The van der Waals surface area contributed by atoms with E-state index in [-0.39, 0.29) is 17.4 Å². The normalized spacial score (nSPS) is 12.5. The highest BCUT2D eigenvalue weighted by molar-refractivity contribution is 5.94. The third kappa shape index (κ3) is 4.51. The number of carboxylic acid groups (broad SMARTS) is 1. The Kier molecular flexibility index (Phi) is 5.50. The molecule has 0 radical (unpaired) electrons. The highest BCUT2D eigenvalue weighted by Crippen LogP contribution is 2.25. The largest absolute Gasteiger partial charge is 0.481 e. The minimum Gasteiger partial charge on any atom is -0.481 e. The van der Waals surface area contributed by atoms with Gasteiger partial charge in [0.25, 0.3) is 11.5 Å². The van der Waals surface area contributed by atoms with E-state index in [1.54, 1.807) is 30.3 Å². The zero-order chi connectivity index (χ0) is 21.2. The molecule has 0 aliphatic carbocycles. The molecule has 2 heterocycles. The van der Waals surface area contributed by atoms with Crippen molar-refractivity contribution >= 4 is 17.5 Å². The van der Waals surface area contributed by atoms with E-state index in [2.05, 4.69) is 31.1 Å². The number of nitrogens with zero attached hydrogens (tertiary/aromatic N) is 2. The molecule has 0 saturated heterocycles. The topological polar surface area (TPSA) is 101 Å². The van der Waals surface area contributed by atoms with Crippen LogP contribution in [-0.4, -0.2) is 26.4 Å². The SMILES string of the molecule is CC(C)(C)c1ccc(C(CC(=O)O)NC(=O)c2cnc3ccccn3c2=O)cc1. The zero-order valence-corrected chi connectivity index (χ0v) is 16.5. The quantitative estimate of drug-likeness (QED) is 0.694. The van der Waals surface area contributed by atoms with Crippen LogP contribution in [-0.2, 0) is 10.2 Å². The average molecular weight is 393 g/mol. The number of carboxylic acids is 1. The van der Waals surface area contributed by atoms with Crippen LogP contribution in [0.15, 0.2) is 59.7 Å². The van der Waals surface area contributed by atoms with Gasteiger partial charge in [0.05, 0.1) is 12.5 Å². The number of aliphatic carboxylic acids is 1. The summed E-state index contributed by atoms with van der Waals surface area (Å²) < 4.78 is 1.28. The highest BCUT2D eigenvalue weighted by atomic mass is 16.4. The van der Waals surface area contributed by atoms with Crippen LogP contribution in [0.25, 0.3) is 5.65 Å². The van der Waals surface area contributed by atoms with Gasteiger partial charge in [0, 0.05) is 12.4 Å². The molecule has 0 bridgehead atoms. The Morgan fingerprint density at radius 2 is 1.83 bits per heavy atom. The van der Waals surface area contributed by atoms with Gasteiger partial charge in [-0.15, -0.1) is 0 Å². The summed E-state index contributed by atoms with van der Waals surface area (Å²) in [6.07, 6.45) is 2.44. The van der Waals surface area contributed by atoms with Crippen molar-refractivity contribution in [2.45, 2.75) is 38.6 Å². The van der Waals surface area contributed by atoms with Gasteiger partial charge < -0.3 is 10.4 Å². The number of hydrogen-bond acceptors (Lipinski definition) is 4. The fourth-order valence-electron chi connectivity index (χ4n) is 3.06. The summed E-state index contributed by atoms with van der Waals surface area (Å²) in [6, 6.07) is 11.7. The third-order valence-electron chi connectivity index (χ3n) is 4.72. The van der Waals surface area contributed by atoms with Crippen LogP contribution in [0.3, 0.4) is 0 Å². The second kappa shape index (κ2) is 7.87. The Morgan fingerprint density at radius 3 is 2.45 bits per heavy atom. The predicted molar refractivity (Wildman–Crippen MR) is 109 cm³/mol. The molecule has 0 spiro atoms. The Hall–Kier alpha value is -3.48. The minimum atomic E-state index is -1.05. The lowest BCUT2D eigenvalue weighted by Crippen LogP contribution is -2.35. The summed E-state index contributed by atoms with van der Waals surface area (Å²) in [7, 11) is 0. The number of amides is 1. The van der Waals surface area contributed by atoms with Crippen molar-refractivity contribution in [3.05, 3.63) is 81.9 Å². The van der Waals surface area contributed by atoms with E-state index in [0.29, 0.717) is 11.2 Å². The number of aromatic nitrogens is 2. The number of fused-ring (bicyclic) bond motifs is 1. The van der Waals surface area contributed by atoms with E-state index in [1.165, 1.54) is 16.8 Å². The van der Waals surface area contributed by atoms with Gasteiger partial charge >= 0.3 is 5.97 Å². The van der Waals surface area contributed by atoms with E-state index < -0.39 is 23.5 Å². The molecule has 0 saturated carbocycles. The van der Waals surface area contributed by atoms with Crippen molar-refractivity contribution in [2.75, 3.05) is 0 Å². The number of carbonyl (C=O) groups excluding carboxylic acids is 1. The summed E-state index contributed by atoms with van der Waals surface area (Å²) in [5.41, 5.74) is 1.48. The lowest BCUT2D eigenvalue weighted by molar-refractivity contribution is -0.137. The Morgan fingerprint density at radius 1 is 1.14 bits per heavy atom. The van der Waals surface area contributed by atoms with Crippen molar-refractivity contribution in [1.29, 1.82) is 0 Å². The van der Waals surface area contributed by atoms with Gasteiger partial charge in [-0.3, -0.25) is 18.8 Å². The second-order valence-electron chi connectivity index (χ2n) is 7.90. The number of nitrogens with one attached hydrogen (secondary N) is 1. The summed E-state index contributed by atoms with van der Waals surface area (Å²) in [5, 5.41) is 12.0. The van der Waals surface area contributed by atoms with E-state index in [4.69, 9.17) is 0 Å². The van der Waals surface area contributed by atoms with Crippen molar-refractivity contribution in [3.63, 3.8) is 0 Å². The molecule has 2 N–H and O–H groups in total. The average Bonchev–Trinajstić information content (AvgIpc) is 2.67. The van der Waals surface area contributed by atoms with Crippen LogP contribution >= 0.6 is 0 Å². The van der Waals surface area contributed by atoms with Gasteiger partial charge in [-0.05, 0) is 28.7 Å². The molecule has 1 amide bonds. The standard InChI is InChI=1S/C22H23N3O4/c1-22(2,3)15-9-7-14(8-10-15)17(12-19(26)27)24-20(28)16-13-23-18-6-4-5-11-25(18)21(16)29/h4-11,13,17H,12H2,1-3H3,(H,24,28)(H,26,27). The molecule has 3 rings (SSSR count). The first-order chi connectivity index (χ1) is 13.7. The van der Waals surface area contributed by atoms with Gasteiger partial charge in [0.1, 0.15) is 11.2 Å². The summed E-state index contributed by atoms with van der Waals surface area (Å²) in [4.78, 5) is 40.8. The molecule has 0 aliphatic heterocycles. The molecule has 7 heteroatoms. The summed E-state index contributed by atoms with van der Waals surface area (Å²) in [6.45, 7) is 6.25. The smallest absolute Gasteiger partial charge is 0.305 e. The molecule has 7 nitrogen and oxygen atoms in total. The molecule has 29 heavy (non-hydrogen) atoms. The molecule has 2 aromatic heterocycles. The Balaban J connectivity index is 1.91. The van der Waals surface area contributed by atoms with Crippen LogP contribution in [0.1, 0.15) is 54.7 Å². The van der Waals surface area contributed by atoms with Crippen LogP contribution in [0.2, 0.25) is 0 Å². The van der Waals surface area contributed by atoms with Crippen molar-refractivity contribution in [1.82, 2.24) is 14.7 Å². The van der Waals surface area contributed by atoms with Crippen LogP contribution in [0.5, 0.6) is 0 Å². The minimum absolute atomic E-state index is 0.0461. The molecule has 1 unspecified atom stereocenters. The van der Waals surface area contributed by atoms with Crippen molar-refractivity contribution < 1.29 is 14.7 Å². The number of hydrogen-bond donors (Lipinski definition) is 2. The van der Waals surface area contributed by atoms with Crippen LogP contribution < -0.4 is 10.9 Å². The molecule has 3 aromatic rings. The molecule has 0 fully saturated rings. The van der Waals surface area contributed by atoms with Crippen LogP contribution in [0.4, 0.5) is 0 Å². The maximum absolute atomic E-state index is 12.7. The van der Waals surface area contributed by atoms with Gasteiger partial charge in [0.15, 0.2) is 0 Å². The lowest BCUT2D eigenvalue weighted by Gasteiger charge is -2.21. The molecule has 1 atom stereocenters. The van der Waals surface area contributed by atoms with E-state index in [9.17, 15) is 19.5 Å². The van der Waals surface area contributed by atoms with Gasteiger partial charge in [-0.25, -0.2) is 4.98 Å². The first-order valence-electron chi connectivity index (χ1n) is 9.26. The number of benzene rings is 1. The summed E-state index contributed by atoms with van der Waals surface area (Å²) in [5.74, 6) is -1.71. The Bertz CT molecular complexity index is 1110. The lowest BCUT2D eigenvalue weighted by atomic mass is 9.86. The molecular weight excluding hydrogens is 370 g/mol. The van der Waals surface area contributed by atoms with Crippen molar-refractivity contribution in [2.24, 2.45) is 0 Å². The molecule has 0 aliphatic rings. The van der Waals surface area contributed by atoms with Gasteiger partial charge in [0.2, 0.25) is 0 Å². The monoisotopic (exact) mass is 393 g/mol. The van der Waals surface area contributed by atoms with Gasteiger partial charge in [-0.2, -0.15) is 0 Å². The number of carbonyl (C=O) groups is 2. The Labute approximate surface area is 168 Å². The number of rotatable bonds is 5. The first-order valence-corrected chi connectivity index (χ1v) is 9.26. The highest BCUT2D eigenvalue weighted by Gasteiger charge is 2.22. The van der Waals surface area contributed by atoms with Crippen molar-refractivity contribution in [3.8, 4) is 0 Å². The number of pyridine rings is 1. The predicted octanol–water partition coefficient (Wildman–Crippen LogP) is 2.94. The fraction of sp³-hybridized carbons (Fsp3) is 0.273. The van der Waals surface area contributed by atoms with E-state index >= 15 is 0 Å². The maximum atomic E-state index is 12.7. The third-order valence-corrected chi connectivity index (χ3v) is 4.72. The molecule has 1 aromatic carbocycles. The van der Waals surface area contributed by atoms with E-state index in [1.807, 2.05) is 12.1 Å². The molecule has 150 valence electrons. The molecular formula is C22H23N3O4. The fourth-order valence-corrected chi connectivity index (χ4v) is 3.06. The first kappa shape index (κ1) is 20.3. The zero-order valence-electron chi connectivity index (χ0n) is 16.5. The van der Waals surface area contributed by atoms with E-state index in [0.717, 1.165) is 5.56 Å². The second-order valence-corrected chi connectivity index (χ2v) is 7.90. The van der Waals surface area contributed by atoms with Gasteiger partial charge in [-0.1, -0.05) is 51.1 Å². The summed E-state index contributed by atoms with van der Waals surface area (Å²) >= 11 is 0.